The van der Waals surface area contributed by atoms with Crippen LogP contribution in [0.1, 0.15) is 50.4 Å². The summed E-state index contributed by atoms with van der Waals surface area (Å²) in [6.07, 6.45) is 7.14. The molecule has 0 aromatic carbocycles. The highest BCUT2D eigenvalue weighted by Crippen LogP contribution is 2.22. The first-order valence-electron chi connectivity index (χ1n) is 7.74. The number of rotatable bonds is 3. The van der Waals surface area contributed by atoms with Gasteiger partial charge in [-0.05, 0) is 51.6 Å². The lowest BCUT2D eigenvalue weighted by Gasteiger charge is -2.24. The average molecular weight is 313 g/mol. The Hall–Kier alpha value is -1.07. The summed E-state index contributed by atoms with van der Waals surface area (Å²) in [5.41, 5.74) is 2.51. The van der Waals surface area contributed by atoms with Gasteiger partial charge >= 0.3 is 0 Å². The van der Waals surface area contributed by atoms with E-state index in [0.29, 0.717) is 6.04 Å². The number of nitrogens with zero attached hydrogens (tertiary/aromatic N) is 2. The molecule has 2 heterocycles. The van der Waals surface area contributed by atoms with Crippen LogP contribution in [-0.2, 0) is 17.6 Å². The molecule has 2 aliphatic rings. The van der Waals surface area contributed by atoms with Gasteiger partial charge in [-0.15, -0.1) is 12.4 Å². The number of nitrogens with one attached hydrogen (secondary N) is 2. The summed E-state index contributed by atoms with van der Waals surface area (Å²) in [6.45, 7) is 5.25. The van der Waals surface area contributed by atoms with Gasteiger partial charge < -0.3 is 10.6 Å². The molecule has 1 aliphatic carbocycles. The van der Waals surface area contributed by atoms with E-state index >= 15 is 0 Å². The van der Waals surface area contributed by atoms with Crippen LogP contribution >= 0.6 is 12.4 Å². The molecule has 118 valence electrons. The van der Waals surface area contributed by atoms with Gasteiger partial charge in [0.15, 0.2) is 0 Å². The minimum Gasteiger partial charge on any atom is -0.352 e. The maximum Gasteiger partial charge on any atom is 0.237 e. The summed E-state index contributed by atoms with van der Waals surface area (Å²) in [7, 11) is 0. The van der Waals surface area contributed by atoms with Crippen molar-refractivity contribution in [2.75, 3.05) is 6.54 Å². The smallest absolute Gasteiger partial charge is 0.237 e. The van der Waals surface area contributed by atoms with Gasteiger partial charge in [0.1, 0.15) is 0 Å². The lowest BCUT2D eigenvalue weighted by atomic mass is 9.93. The van der Waals surface area contributed by atoms with E-state index in [1.807, 2.05) is 4.68 Å². The quantitative estimate of drug-likeness (QED) is 0.891. The molecule has 2 N–H and O–H groups in total. The molecule has 6 heteroatoms. The fraction of sp³-hybridized carbons (Fsp3) is 0.733. The second-order valence-corrected chi connectivity index (χ2v) is 6.27. The number of carbonyl (C=O) groups is 1. The third-order valence-electron chi connectivity index (χ3n) is 4.35. The van der Waals surface area contributed by atoms with Crippen LogP contribution in [0.4, 0.5) is 0 Å². The molecule has 5 nitrogen and oxygen atoms in total. The number of aryl methyl sites for hydroxylation is 1. The molecule has 0 bridgehead atoms. The van der Waals surface area contributed by atoms with Gasteiger partial charge in [-0.2, -0.15) is 5.10 Å². The van der Waals surface area contributed by atoms with Crippen molar-refractivity contribution in [3.05, 3.63) is 17.5 Å². The van der Waals surface area contributed by atoms with Crippen molar-refractivity contribution in [1.82, 2.24) is 20.4 Å². The van der Waals surface area contributed by atoms with Gasteiger partial charge in [-0.1, -0.05) is 0 Å². The van der Waals surface area contributed by atoms with Crippen LogP contribution in [0.2, 0.25) is 0 Å². The van der Waals surface area contributed by atoms with Crippen LogP contribution in [-0.4, -0.2) is 34.3 Å². The van der Waals surface area contributed by atoms with E-state index in [4.69, 9.17) is 0 Å². The molecule has 1 aromatic heterocycles. The highest BCUT2D eigenvalue weighted by atomic mass is 35.5. The molecular weight excluding hydrogens is 288 g/mol. The molecule has 2 atom stereocenters. The van der Waals surface area contributed by atoms with Crippen molar-refractivity contribution < 1.29 is 4.79 Å². The Morgan fingerprint density at radius 1 is 1.48 bits per heavy atom. The van der Waals surface area contributed by atoms with Crippen molar-refractivity contribution in [3.8, 4) is 0 Å². The average Bonchev–Trinajstić information content (AvgIpc) is 3.07. The van der Waals surface area contributed by atoms with Crippen LogP contribution in [0.3, 0.4) is 0 Å². The number of carbonyl (C=O) groups excluding carboxylic acids is 1. The summed E-state index contributed by atoms with van der Waals surface area (Å²) < 4.78 is 2.04. The Labute approximate surface area is 132 Å². The first kappa shape index (κ1) is 16.3. The molecule has 1 aromatic rings. The number of halogens is 1. The Balaban J connectivity index is 0.00000161. The maximum atomic E-state index is 12.1. The summed E-state index contributed by atoms with van der Waals surface area (Å²) in [5.74, 6) is 0.166. The number of aromatic nitrogens is 2. The number of fused-ring (bicyclic) bond motifs is 1. The van der Waals surface area contributed by atoms with Gasteiger partial charge in [-0.3, -0.25) is 9.48 Å². The molecule has 1 aliphatic heterocycles. The Kier molecular flexibility index (Phi) is 5.27. The molecule has 21 heavy (non-hydrogen) atoms. The maximum absolute atomic E-state index is 12.1. The molecule has 0 spiro atoms. The van der Waals surface area contributed by atoms with E-state index in [1.165, 1.54) is 5.56 Å². The van der Waals surface area contributed by atoms with Crippen molar-refractivity contribution in [2.45, 2.75) is 64.1 Å². The minimum atomic E-state index is 0. The third-order valence-corrected chi connectivity index (χ3v) is 4.35. The van der Waals surface area contributed by atoms with Gasteiger partial charge in [-0.25, -0.2) is 0 Å². The van der Waals surface area contributed by atoms with E-state index in [9.17, 15) is 4.79 Å². The second kappa shape index (κ2) is 6.79. The van der Waals surface area contributed by atoms with Crippen LogP contribution in [0.25, 0.3) is 0 Å². The normalized spacial score (nSPS) is 24.5. The lowest BCUT2D eigenvalue weighted by molar-refractivity contribution is -0.123. The van der Waals surface area contributed by atoms with Gasteiger partial charge in [0.2, 0.25) is 5.91 Å². The topological polar surface area (TPSA) is 59.0 Å². The van der Waals surface area contributed by atoms with Crippen molar-refractivity contribution in [3.63, 3.8) is 0 Å². The molecule has 1 saturated heterocycles. The molecule has 0 radical (unpaired) electrons. The minimum absolute atomic E-state index is 0. The predicted octanol–water partition coefficient (Wildman–Crippen LogP) is 1.61. The monoisotopic (exact) mass is 312 g/mol. The summed E-state index contributed by atoms with van der Waals surface area (Å²) >= 11 is 0. The first-order valence-corrected chi connectivity index (χ1v) is 7.74. The zero-order valence-corrected chi connectivity index (χ0v) is 13.6. The highest BCUT2D eigenvalue weighted by molar-refractivity contribution is 5.85. The first-order chi connectivity index (χ1) is 9.63. The second-order valence-electron chi connectivity index (χ2n) is 6.27. The van der Waals surface area contributed by atoms with Crippen LogP contribution in [0.5, 0.6) is 0 Å². The molecule has 0 saturated carbocycles. The summed E-state index contributed by atoms with van der Waals surface area (Å²) in [4.78, 5) is 12.1. The summed E-state index contributed by atoms with van der Waals surface area (Å²) in [6, 6.07) is 0.661. The van der Waals surface area contributed by atoms with E-state index < -0.39 is 0 Å². The number of amides is 1. The largest absolute Gasteiger partial charge is 0.352 e. The van der Waals surface area contributed by atoms with Crippen LogP contribution in [0.15, 0.2) is 6.20 Å². The van der Waals surface area contributed by atoms with Gasteiger partial charge in [0.05, 0.1) is 11.7 Å². The fourth-order valence-corrected chi connectivity index (χ4v) is 3.11. The van der Waals surface area contributed by atoms with Crippen LogP contribution < -0.4 is 10.6 Å². The van der Waals surface area contributed by atoms with Crippen molar-refractivity contribution in [1.29, 1.82) is 0 Å². The number of hydrogen-bond acceptors (Lipinski definition) is 3. The Bertz CT molecular complexity index is 494. The van der Waals surface area contributed by atoms with Gasteiger partial charge in [0.25, 0.3) is 0 Å². The Morgan fingerprint density at radius 3 is 2.95 bits per heavy atom. The zero-order chi connectivity index (χ0) is 14.1. The Morgan fingerprint density at radius 2 is 2.29 bits per heavy atom. The number of hydrogen-bond donors (Lipinski definition) is 2. The van der Waals surface area contributed by atoms with E-state index in [1.54, 1.807) is 0 Å². The molecule has 2 unspecified atom stereocenters. The highest BCUT2D eigenvalue weighted by Gasteiger charge is 2.27. The third kappa shape index (κ3) is 3.58. The van der Waals surface area contributed by atoms with Crippen molar-refractivity contribution in [2.24, 2.45) is 0 Å². The lowest BCUT2D eigenvalue weighted by Crippen LogP contribution is -2.47. The molecule has 3 rings (SSSR count). The standard InChI is InChI=1S/C15H24N4O.ClH/c1-10(2)19-9-11-5-6-12(8-14(11)18-19)17-15(20)13-4-3-7-16-13;/h9-10,12-13,16H,3-8H2,1-2H3,(H,17,20);1H. The van der Waals surface area contributed by atoms with Crippen molar-refractivity contribution >= 4 is 18.3 Å². The van der Waals surface area contributed by atoms with E-state index in [0.717, 1.165) is 44.3 Å². The SMILES string of the molecule is CC(C)n1cc2c(n1)CC(NC(=O)C1CCCN1)CC2.Cl. The zero-order valence-electron chi connectivity index (χ0n) is 12.8. The molecule has 1 amide bonds. The van der Waals surface area contributed by atoms with Crippen LogP contribution in [0, 0.1) is 0 Å². The predicted molar refractivity (Wildman–Crippen MR) is 84.8 cm³/mol. The fourth-order valence-electron chi connectivity index (χ4n) is 3.11. The molecular formula is C15H25ClN4O. The van der Waals surface area contributed by atoms with E-state index in [-0.39, 0.29) is 30.4 Å². The van der Waals surface area contributed by atoms with E-state index in [2.05, 4.69) is 35.8 Å². The van der Waals surface area contributed by atoms with Gasteiger partial charge in [0, 0.05) is 24.7 Å². The molecule has 1 fully saturated rings. The summed E-state index contributed by atoms with van der Waals surface area (Å²) in [5, 5.41) is 11.1.